The van der Waals surface area contributed by atoms with Crippen LogP contribution in [0.25, 0.3) is 0 Å². The molecule has 0 aromatic heterocycles. The van der Waals surface area contributed by atoms with Crippen molar-refractivity contribution < 1.29 is 14.0 Å². The van der Waals surface area contributed by atoms with Gasteiger partial charge in [-0.2, -0.15) is 0 Å². The van der Waals surface area contributed by atoms with Crippen LogP contribution in [-0.4, -0.2) is 23.9 Å². The topological polar surface area (TPSA) is 49.4 Å². The zero-order valence-electron chi connectivity index (χ0n) is 11.3. The predicted molar refractivity (Wildman–Crippen MR) is 70.3 cm³/mol. The second-order valence-corrected chi connectivity index (χ2v) is 5.26. The lowest BCUT2D eigenvalue weighted by molar-refractivity contribution is -0.128. The van der Waals surface area contributed by atoms with E-state index in [1.807, 2.05) is 0 Å². The van der Waals surface area contributed by atoms with Crippen molar-refractivity contribution in [3.63, 3.8) is 0 Å². The zero-order valence-corrected chi connectivity index (χ0v) is 11.3. The van der Waals surface area contributed by atoms with Crippen LogP contribution in [-0.2, 0) is 9.59 Å². The summed E-state index contributed by atoms with van der Waals surface area (Å²) in [4.78, 5) is 25.6. The number of hydrogen-bond acceptors (Lipinski definition) is 2. The molecule has 0 bridgehead atoms. The molecule has 102 valence electrons. The number of rotatable bonds is 1. The van der Waals surface area contributed by atoms with Gasteiger partial charge in [-0.1, -0.05) is 6.07 Å². The molecule has 0 atom stereocenters. The van der Waals surface area contributed by atoms with E-state index in [4.69, 9.17) is 0 Å². The first-order valence-corrected chi connectivity index (χ1v) is 6.21. The second-order valence-electron chi connectivity index (χ2n) is 5.26. The minimum atomic E-state index is -0.980. The van der Waals surface area contributed by atoms with Gasteiger partial charge in [0.25, 0.3) is 5.91 Å². The number of nitrogens with zero attached hydrogens (tertiary/aromatic N) is 1. The summed E-state index contributed by atoms with van der Waals surface area (Å²) in [6, 6.07) is 4.62. The van der Waals surface area contributed by atoms with E-state index >= 15 is 0 Å². The molecule has 1 fully saturated rings. The first-order chi connectivity index (χ1) is 8.83. The molecule has 0 radical (unpaired) electrons. The average Bonchev–Trinajstić information content (AvgIpc) is 2.42. The molecule has 1 aromatic rings. The maximum Gasteiger partial charge on any atom is 0.252 e. The normalized spacial score (nSPS) is 19.1. The fourth-order valence-electron chi connectivity index (χ4n) is 2.24. The summed E-state index contributed by atoms with van der Waals surface area (Å²) in [5.41, 5.74) is -0.0395. The molecule has 1 heterocycles. The van der Waals surface area contributed by atoms with Crippen LogP contribution in [0.4, 0.5) is 10.1 Å². The van der Waals surface area contributed by atoms with E-state index in [9.17, 15) is 14.0 Å². The fraction of sp³-hybridized carbons (Fsp3) is 0.429. The lowest BCUT2D eigenvalue weighted by Crippen LogP contribution is -2.53. The maximum atomic E-state index is 13.6. The van der Waals surface area contributed by atoms with Crippen molar-refractivity contribution in [1.82, 2.24) is 5.32 Å². The summed E-state index contributed by atoms with van der Waals surface area (Å²) in [7, 11) is 0. The molecule has 19 heavy (non-hydrogen) atoms. The highest BCUT2D eigenvalue weighted by atomic mass is 19.1. The Balaban J connectivity index is 2.45. The van der Waals surface area contributed by atoms with Crippen LogP contribution in [0.2, 0.25) is 0 Å². The quantitative estimate of drug-likeness (QED) is 0.840. The van der Waals surface area contributed by atoms with Crippen molar-refractivity contribution in [2.24, 2.45) is 0 Å². The van der Waals surface area contributed by atoms with Crippen LogP contribution in [0.1, 0.15) is 25.8 Å². The third-order valence-electron chi connectivity index (χ3n) is 3.32. The van der Waals surface area contributed by atoms with E-state index in [-0.39, 0.29) is 30.6 Å². The molecule has 1 saturated heterocycles. The Morgan fingerprint density at radius 2 is 2.00 bits per heavy atom. The van der Waals surface area contributed by atoms with E-state index < -0.39 is 5.54 Å². The third-order valence-corrected chi connectivity index (χ3v) is 3.32. The van der Waals surface area contributed by atoms with Crippen molar-refractivity contribution >= 4 is 17.5 Å². The third kappa shape index (κ3) is 2.45. The van der Waals surface area contributed by atoms with Gasteiger partial charge < -0.3 is 10.2 Å². The molecule has 1 aliphatic rings. The summed E-state index contributed by atoms with van der Waals surface area (Å²) in [6.45, 7) is 5.20. The lowest BCUT2D eigenvalue weighted by atomic mass is 10.0. The minimum Gasteiger partial charge on any atom is -0.342 e. The van der Waals surface area contributed by atoms with Crippen LogP contribution < -0.4 is 10.2 Å². The smallest absolute Gasteiger partial charge is 0.252 e. The Hall–Kier alpha value is -1.91. The van der Waals surface area contributed by atoms with Gasteiger partial charge in [0.2, 0.25) is 5.91 Å². The molecule has 2 rings (SSSR count). The number of halogens is 1. The number of anilines is 1. The molecule has 1 aromatic carbocycles. The van der Waals surface area contributed by atoms with Crippen LogP contribution in [0.3, 0.4) is 0 Å². The first-order valence-electron chi connectivity index (χ1n) is 6.21. The number of hydrogen-bond donors (Lipinski definition) is 1. The number of nitrogens with one attached hydrogen (secondary N) is 1. The van der Waals surface area contributed by atoms with E-state index in [0.717, 1.165) is 0 Å². The maximum absolute atomic E-state index is 13.6. The Kier molecular flexibility index (Phi) is 3.30. The molecule has 4 nitrogen and oxygen atoms in total. The van der Waals surface area contributed by atoms with Crippen LogP contribution in [0.5, 0.6) is 0 Å². The summed E-state index contributed by atoms with van der Waals surface area (Å²) in [5.74, 6) is -0.756. The van der Waals surface area contributed by atoms with Crippen molar-refractivity contribution in [3.8, 4) is 0 Å². The van der Waals surface area contributed by atoms with Crippen molar-refractivity contribution in [2.75, 3.05) is 11.4 Å². The molecular formula is C14H17FN2O2. The van der Waals surface area contributed by atoms with E-state index in [1.165, 1.54) is 11.0 Å². The molecule has 2 amide bonds. The highest BCUT2D eigenvalue weighted by Gasteiger charge is 2.37. The van der Waals surface area contributed by atoms with Crippen LogP contribution in [0.15, 0.2) is 18.2 Å². The molecule has 0 unspecified atom stereocenters. The molecular weight excluding hydrogens is 247 g/mol. The van der Waals surface area contributed by atoms with E-state index in [2.05, 4.69) is 5.32 Å². The number of carbonyl (C=O) groups excluding carboxylic acids is 2. The van der Waals surface area contributed by atoms with Gasteiger partial charge >= 0.3 is 0 Å². The van der Waals surface area contributed by atoms with Crippen LogP contribution in [0, 0.1) is 12.7 Å². The van der Waals surface area contributed by atoms with Gasteiger partial charge in [-0.25, -0.2) is 4.39 Å². The molecule has 5 heteroatoms. The van der Waals surface area contributed by atoms with Crippen LogP contribution >= 0.6 is 0 Å². The fourth-order valence-corrected chi connectivity index (χ4v) is 2.24. The molecule has 0 saturated carbocycles. The Bertz CT molecular complexity index is 540. The van der Waals surface area contributed by atoms with Gasteiger partial charge in [0.15, 0.2) is 0 Å². The van der Waals surface area contributed by atoms with Gasteiger partial charge in [-0.3, -0.25) is 9.59 Å². The number of carbonyl (C=O) groups is 2. The summed E-state index contributed by atoms with van der Waals surface area (Å²) < 4.78 is 13.6. The summed E-state index contributed by atoms with van der Waals surface area (Å²) in [5, 5.41) is 2.68. The van der Waals surface area contributed by atoms with Crippen molar-refractivity contribution in [1.29, 1.82) is 0 Å². The van der Waals surface area contributed by atoms with Gasteiger partial charge in [0.05, 0.1) is 0 Å². The standard InChI is InChI=1S/C14H17FN2O2/c1-9-10(15)5-4-6-11(9)17-8-7-12(18)16-14(2,3)13(17)19/h4-6H,7-8H2,1-3H3,(H,16,18). The first kappa shape index (κ1) is 13.5. The van der Waals surface area contributed by atoms with Crippen molar-refractivity contribution in [3.05, 3.63) is 29.6 Å². The Morgan fingerprint density at radius 1 is 1.32 bits per heavy atom. The molecule has 1 aliphatic heterocycles. The predicted octanol–water partition coefficient (Wildman–Crippen LogP) is 1.77. The van der Waals surface area contributed by atoms with Gasteiger partial charge in [-0.15, -0.1) is 0 Å². The molecule has 0 aliphatic carbocycles. The highest BCUT2D eigenvalue weighted by Crippen LogP contribution is 2.26. The van der Waals surface area contributed by atoms with Gasteiger partial charge in [-0.05, 0) is 32.9 Å². The Morgan fingerprint density at radius 3 is 2.68 bits per heavy atom. The molecule has 0 spiro atoms. The van der Waals surface area contributed by atoms with Gasteiger partial charge in [0.1, 0.15) is 11.4 Å². The lowest BCUT2D eigenvalue weighted by Gasteiger charge is -2.29. The summed E-state index contributed by atoms with van der Waals surface area (Å²) in [6.07, 6.45) is 0.213. The van der Waals surface area contributed by atoms with E-state index in [0.29, 0.717) is 11.3 Å². The summed E-state index contributed by atoms with van der Waals surface area (Å²) >= 11 is 0. The average molecular weight is 264 g/mol. The van der Waals surface area contributed by atoms with Crippen molar-refractivity contribution in [2.45, 2.75) is 32.7 Å². The highest BCUT2D eigenvalue weighted by molar-refractivity contribution is 6.04. The number of amides is 2. The largest absolute Gasteiger partial charge is 0.342 e. The Labute approximate surface area is 111 Å². The molecule has 1 N–H and O–H groups in total. The second kappa shape index (κ2) is 4.64. The monoisotopic (exact) mass is 264 g/mol. The SMILES string of the molecule is Cc1c(F)cccc1N1CCC(=O)NC(C)(C)C1=O. The minimum absolute atomic E-state index is 0.171. The zero-order chi connectivity index (χ0) is 14.2. The van der Waals surface area contributed by atoms with Gasteiger partial charge in [0, 0.05) is 24.2 Å². The van der Waals surface area contributed by atoms with E-state index in [1.54, 1.807) is 32.9 Å². The number of benzene rings is 1.